The summed E-state index contributed by atoms with van der Waals surface area (Å²) >= 11 is 0. The maximum atomic E-state index is 3.09. The minimum Gasteiger partial charge on any atom is -0.261 e. The van der Waals surface area contributed by atoms with Crippen LogP contribution in [0.25, 0.3) is 0 Å². The predicted octanol–water partition coefficient (Wildman–Crippen LogP) is 1.57. The quantitative estimate of drug-likeness (QED) is 0.540. The molecule has 0 fully saturated rings. The molecule has 0 heterocycles. The molecule has 1 rings (SSSR count). The average molecular weight is 178 g/mol. The lowest BCUT2D eigenvalue weighted by molar-refractivity contribution is 0.597. The molecule has 2 N–H and O–H groups in total. The van der Waals surface area contributed by atoms with Gasteiger partial charge in [-0.2, -0.15) is 0 Å². The molecule has 0 spiro atoms. The number of benzene rings is 1. The van der Waals surface area contributed by atoms with E-state index in [-0.39, 0.29) is 0 Å². The van der Waals surface area contributed by atoms with Gasteiger partial charge in [-0.05, 0) is 38.4 Å². The Balaban J connectivity index is 2.56. The third-order valence-corrected chi connectivity index (χ3v) is 2.19. The molecule has 0 bridgehead atoms. The third kappa shape index (κ3) is 3.17. The Kier molecular flexibility index (Phi) is 3.93. The van der Waals surface area contributed by atoms with Crippen LogP contribution in [0.4, 0.5) is 0 Å². The predicted molar refractivity (Wildman–Crippen MR) is 56.7 cm³/mol. The van der Waals surface area contributed by atoms with Crippen molar-refractivity contribution in [3.63, 3.8) is 0 Å². The average Bonchev–Trinajstić information content (AvgIpc) is 2.09. The van der Waals surface area contributed by atoms with Gasteiger partial charge in [0.1, 0.15) is 0 Å². The van der Waals surface area contributed by atoms with Crippen molar-refractivity contribution in [3.8, 4) is 0 Å². The van der Waals surface area contributed by atoms with Crippen molar-refractivity contribution < 1.29 is 0 Å². The second kappa shape index (κ2) is 5.00. The number of hydrogen-bond donors (Lipinski definition) is 2. The van der Waals surface area contributed by atoms with E-state index in [1.165, 1.54) is 16.7 Å². The summed E-state index contributed by atoms with van der Waals surface area (Å²) in [6.45, 7) is 5.27. The van der Waals surface area contributed by atoms with E-state index in [2.05, 4.69) is 42.9 Å². The molecule has 0 aromatic heterocycles. The van der Waals surface area contributed by atoms with E-state index < -0.39 is 0 Å². The summed E-state index contributed by atoms with van der Waals surface area (Å²) in [6.07, 6.45) is 1.08. The molecule has 0 atom stereocenters. The zero-order valence-electron chi connectivity index (χ0n) is 8.65. The highest BCUT2D eigenvalue weighted by atomic mass is 15.3. The molecule has 0 aliphatic rings. The van der Waals surface area contributed by atoms with E-state index in [1.807, 2.05) is 7.05 Å². The van der Waals surface area contributed by atoms with E-state index in [4.69, 9.17) is 0 Å². The van der Waals surface area contributed by atoms with Crippen LogP contribution in [0.2, 0.25) is 0 Å². The fourth-order valence-corrected chi connectivity index (χ4v) is 1.45. The highest BCUT2D eigenvalue weighted by Gasteiger charge is 1.97. The first-order valence-electron chi connectivity index (χ1n) is 4.70. The van der Waals surface area contributed by atoms with Gasteiger partial charge in [-0.1, -0.05) is 23.8 Å². The number of aryl methyl sites for hydroxylation is 2. The fourth-order valence-electron chi connectivity index (χ4n) is 1.45. The van der Waals surface area contributed by atoms with Gasteiger partial charge in [0.25, 0.3) is 0 Å². The van der Waals surface area contributed by atoms with E-state index >= 15 is 0 Å². The number of nitrogens with one attached hydrogen (secondary N) is 2. The van der Waals surface area contributed by atoms with E-state index in [0.717, 1.165) is 13.0 Å². The molecule has 13 heavy (non-hydrogen) atoms. The van der Waals surface area contributed by atoms with Crippen LogP contribution in [0, 0.1) is 13.8 Å². The van der Waals surface area contributed by atoms with Crippen LogP contribution in [-0.4, -0.2) is 13.6 Å². The normalized spacial score (nSPS) is 10.4. The number of rotatable bonds is 4. The first kappa shape index (κ1) is 10.2. The van der Waals surface area contributed by atoms with E-state index in [0.29, 0.717) is 0 Å². The second-order valence-corrected chi connectivity index (χ2v) is 3.36. The van der Waals surface area contributed by atoms with Gasteiger partial charge in [-0.25, -0.2) is 0 Å². The van der Waals surface area contributed by atoms with Gasteiger partial charge in [0.05, 0.1) is 0 Å². The smallest absolute Gasteiger partial charge is 0.0140 e. The maximum Gasteiger partial charge on any atom is 0.0140 e. The van der Waals surface area contributed by atoms with Crippen molar-refractivity contribution in [3.05, 3.63) is 34.9 Å². The minimum atomic E-state index is 0.973. The Morgan fingerprint density at radius 3 is 2.62 bits per heavy atom. The van der Waals surface area contributed by atoms with Crippen molar-refractivity contribution in [2.75, 3.05) is 13.6 Å². The highest BCUT2D eigenvalue weighted by molar-refractivity contribution is 5.30. The Morgan fingerprint density at radius 2 is 2.00 bits per heavy atom. The maximum absolute atomic E-state index is 3.09. The van der Waals surface area contributed by atoms with Gasteiger partial charge in [0.2, 0.25) is 0 Å². The van der Waals surface area contributed by atoms with Crippen molar-refractivity contribution in [1.29, 1.82) is 0 Å². The molecular formula is C11H18N2. The SMILES string of the molecule is CNNCCc1ccc(C)cc1C. The van der Waals surface area contributed by atoms with Gasteiger partial charge >= 0.3 is 0 Å². The van der Waals surface area contributed by atoms with Crippen LogP contribution < -0.4 is 10.9 Å². The van der Waals surface area contributed by atoms with Gasteiger partial charge < -0.3 is 0 Å². The third-order valence-electron chi connectivity index (χ3n) is 2.19. The summed E-state index contributed by atoms with van der Waals surface area (Å²) in [6, 6.07) is 6.61. The van der Waals surface area contributed by atoms with Crippen LogP contribution in [-0.2, 0) is 6.42 Å². The van der Waals surface area contributed by atoms with Crippen molar-refractivity contribution >= 4 is 0 Å². The minimum absolute atomic E-state index is 0.973. The van der Waals surface area contributed by atoms with Crippen LogP contribution in [0.15, 0.2) is 18.2 Å². The van der Waals surface area contributed by atoms with Crippen LogP contribution in [0.3, 0.4) is 0 Å². The zero-order chi connectivity index (χ0) is 9.68. The summed E-state index contributed by atoms with van der Waals surface area (Å²) in [5, 5.41) is 0. The van der Waals surface area contributed by atoms with Crippen LogP contribution in [0.1, 0.15) is 16.7 Å². The summed E-state index contributed by atoms with van der Waals surface area (Å²) in [7, 11) is 1.89. The molecule has 0 radical (unpaired) electrons. The number of hydrogen-bond acceptors (Lipinski definition) is 2. The van der Waals surface area contributed by atoms with Crippen LogP contribution >= 0.6 is 0 Å². The lowest BCUT2D eigenvalue weighted by Crippen LogP contribution is -2.29. The molecule has 72 valence electrons. The molecule has 2 heteroatoms. The standard InChI is InChI=1S/C11H18N2/c1-9-4-5-11(10(2)8-9)6-7-13-12-3/h4-5,8,12-13H,6-7H2,1-3H3. The zero-order valence-corrected chi connectivity index (χ0v) is 8.65. The largest absolute Gasteiger partial charge is 0.261 e. The van der Waals surface area contributed by atoms with Gasteiger partial charge in [-0.3, -0.25) is 10.9 Å². The number of hydrazine groups is 1. The van der Waals surface area contributed by atoms with Crippen molar-refractivity contribution in [2.45, 2.75) is 20.3 Å². The first-order valence-corrected chi connectivity index (χ1v) is 4.70. The van der Waals surface area contributed by atoms with E-state index in [9.17, 15) is 0 Å². The second-order valence-electron chi connectivity index (χ2n) is 3.36. The van der Waals surface area contributed by atoms with Gasteiger partial charge in [-0.15, -0.1) is 0 Å². The van der Waals surface area contributed by atoms with Crippen molar-refractivity contribution in [1.82, 2.24) is 10.9 Å². The molecule has 0 saturated heterocycles. The Hall–Kier alpha value is -0.860. The Morgan fingerprint density at radius 1 is 1.23 bits per heavy atom. The Labute approximate surface area is 80.3 Å². The fraction of sp³-hybridized carbons (Fsp3) is 0.455. The molecule has 0 aliphatic carbocycles. The highest BCUT2D eigenvalue weighted by Crippen LogP contribution is 2.10. The molecule has 0 unspecified atom stereocenters. The lowest BCUT2D eigenvalue weighted by Gasteiger charge is -2.07. The Bertz CT molecular complexity index is 269. The van der Waals surface area contributed by atoms with Crippen LogP contribution in [0.5, 0.6) is 0 Å². The molecule has 1 aromatic carbocycles. The summed E-state index contributed by atoms with van der Waals surface area (Å²) < 4.78 is 0. The summed E-state index contributed by atoms with van der Waals surface area (Å²) in [4.78, 5) is 0. The van der Waals surface area contributed by atoms with Crippen molar-refractivity contribution in [2.24, 2.45) is 0 Å². The van der Waals surface area contributed by atoms with Gasteiger partial charge in [0.15, 0.2) is 0 Å². The molecule has 0 amide bonds. The molecule has 0 aliphatic heterocycles. The molecule has 2 nitrogen and oxygen atoms in total. The van der Waals surface area contributed by atoms with Gasteiger partial charge in [0, 0.05) is 6.54 Å². The summed E-state index contributed by atoms with van der Waals surface area (Å²) in [5.74, 6) is 0. The topological polar surface area (TPSA) is 24.1 Å². The summed E-state index contributed by atoms with van der Waals surface area (Å²) in [5.41, 5.74) is 10.2. The molecule has 0 saturated carbocycles. The first-order chi connectivity index (χ1) is 6.24. The lowest BCUT2D eigenvalue weighted by atomic mass is 10.0. The van der Waals surface area contributed by atoms with E-state index in [1.54, 1.807) is 0 Å². The monoisotopic (exact) mass is 178 g/mol. The molecule has 1 aromatic rings. The molecular weight excluding hydrogens is 160 g/mol.